The molecule has 2 heterocycles. The monoisotopic (exact) mass is 837 g/mol. The van der Waals surface area contributed by atoms with E-state index in [4.69, 9.17) is 4.42 Å². The van der Waals surface area contributed by atoms with Crippen LogP contribution in [-0.2, 0) is 0 Å². The highest BCUT2D eigenvalue weighted by Gasteiger charge is 2.23. The molecule has 0 amide bonds. The van der Waals surface area contributed by atoms with Crippen LogP contribution in [0.2, 0.25) is 0 Å². The Kier molecular flexibility index (Phi) is 8.02. The molecule has 306 valence electrons. The maximum Gasteiger partial charge on any atom is 0.143 e. The molecule has 0 bridgehead atoms. The minimum atomic E-state index is 0.879. The van der Waals surface area contributed by atoms with Crippen molar-refractivity contribution in [1.82, 2.24) is 4.57 Å². The average molecular weight is 838 g/mol. The normalized spacial score (nSPS) is 11.9. The molecule has 0 aliphatic heterocycles. The lowest BCUT2D eigenvalue weighted by atomic mass is 9.85. The molecule has 14 aromatic rings. The van der Waals surface area contributed by atoms with Crippen molar-refractivity contribution < 1.29 is 4.42 Å². The molecule has 0 N–H and O–H groups in total. The average Bonchev–Trinajstić information content (AvgIpc) is 3.93. The fourth-order valence-corrected chi connectivity index (χ4v) is 11.2. The SMILES string of the molecule is c1ccc(-c2c3ccccc3c(-c3cccc4c3oc3ccc(-c5c6ccccc6c(-c6ccc7c(c6)c6ccccc6n7-c6ccccc6)c6ccccc56)cc34)c3ccccc23)cc1. The topological polar surface area (TPSA) is 18.1 Å². The van der Waals surface area contributed by atoms with Crippen molar-refractivity contribution in [3.8, 4) is 50.2 Å². The second-order valence-electron chi connectivity index (χ2n) is 17.5. The van der Waals surface area contributed by atoms with Crippen molar-refractivity contribution in [3.63, 3.8) is 0 Å². The highest BCUT2D eigenvalue weighted by Crippen LogP contribution is 2.49. The number of para-hydroxylation sites is 3. The molecule has 0 atom stereocenters. The van der Waals surface area contributed by atoms with E-state index in [-0.39, 0.29) is 0 Å². The number of aromatic nitrogens is 1. The van der Waals surface area contributed by atoms with Gasteiger partial charge in [0.15, 0.2) is 0 Å². The van der Waals surface area contributed by atoms with Crippen molar-refractivity contribution in [2.24, 2.45) is 0 Å². The predicted octanol–water partition coefficient (Wildman–Crippen LogP) is 18.0. The van der Waals surface area contributed by atoms with Gasteiger partial charge in [-0.3, -0.25) is 0 Å². The zero-order chi connectivity index (χ0) is 43.3. The Morgan fingerprint density at radius 1 is 0.258 bits per heavy atom. The maximum atomic E-state index is 6.99. The molecule has 0 spiro atoms. The van der Waals surface area contributed by atoms with Crippen LogP contribution in [0.1, 0.15) is 0 Å². The molecular weight excluding hydrogens is 799 g/mol. The van der Waals surface area contributed by atoms with E-state index < -0.39 is 0 Å². The molecule has 12 aromatic carbocycles. The summed E-state index contributed by atoms with van der Waals surface area (Å²) in [6.45, 7) is 0. The lowest BCUT2D eigenvalue weighted by Gasteiger charge is -2.18. The third-order valence-corrected chi connectivity index (χ3v) is 14.0. The third kappa shape index (κ3) is 5.36. The molecule has 2 heteroatoms. The van der Waals surface area contributed by atoms with E-state index >= 15 is 0 Å². The molecule has 14 rings (SSSR count). The van der Waals surface area contributed by atoms with Gasteiger partial charge in [-0.25, -0.2) is 0 Å². The standard InChI is InChI=1S/C64H39NO/c1-3-18-40(19-4-1)60-49-27-11-13-29-51(49)63(52-30-14-12-28-50(52)60)54-32-17-31-53-56-39-42(35-37-59(56)66-64(53)54)62-47-25-9-7-23-45(47)61(46-24-8-10-26-48(46)62)41-34-36-58-55(38-41)44-22-15-16-33-57(44)65(58)43-20-5-2-6-21-43/h1-39H. The zero-order valence-corrected chi connectivity index (χ0v) is 35.9. The number of fused-ring (bicyclic) bond motifs is 10. The molecular formula is C64H39NO. The second kappa shape index (κ2) is 14.4. The van der Waals surface area contributed by atoms with E-state index in [1.165, 1.54) is 104 Å². The summed E-state index contributed by atoms with van der Waals surface area (Å²) in [5, 5.41) is 14.5. The maximum absolute atomic E-state index is 6.99. The summed E-state index contributed by atoms with van der Waals surface area (Å²) in [4.78, 5) is 0. The summed E-state index contributed by atoms with van der Waals surface area (Å²) in [7, 11) is 0. The smallest absolute Gasteiger partial charge is 0.143 e. The highest BCUT2D eigenvalue weighted by molar-refractivity contribution is 6.26. The minimum Gasteiger partial charge on any atom is -0.455 e. The Bertz CT molecular complexity index is 4160. The van der Waals surface area contributed by atoms with Crippen molar-refractivity contribution in [3.05, 3.63) is 237 Å². The first-order chi connectivity index (χ1) is 32.8. The highest BCUT2D eigenvalue weighted by atomic mass is 16.3. The van der Waals surface area contributed by atoms with E-state index in [9.17, 15) is 0 Å². The Morgan fingerprint density at radius 3 is 1.26 bits per heavy atom. The van der Waals surface area contributed by atoms with Crippen molar-refractivity contribution in [2.45, 2.75) is 0 Å². The number of furan rings is 1. The largest absolute Gasteiger partial charge is 0.455 e. The third-order valence-electron chi connectivity index (χ3n) is 14.0. The fourth-order valence-electron chi connectivity index (χ4n) is 11.2. The van der Waals surface area contributed by atoms with E-state index in [0.29, 0.717) is 0 Å². The van der Waals surface area contributed by atoms with Gasteiger partial charge in [0.1, 0.15) is 11.2 Å². The van der Waals surface area contributed by atoms with Crippen LogP contribution >= 0.6 is 0 Å². The summed E-state index contributed by atoms with van der Waals surface area (Å²) in [5.74, 6) is 0. The van der Waals surface area contributed by atoms with Crippen LogP contribution in [-0.4, -0.2) is 4.57 Å². The number of rotatable bonds is 5. The number of hydrogen-bond donors (Lipinski definition) is 0. The van der Waals surface area contributed by atoms with Crippen LogP contribution < -0.4 is 0 Å². The summed E-state index contributed by atoms with van der Waals surface area (Å²) >= 11 is 0. The van der Waals surface area contributed by atoms with Crippen molar-refractivity contribution in [2.75, 3.05) is 0 Å². The first-order valence-corrected chi connectivity index (χ1v) is 22.8. The van der Waals surface area contributed by atoms with Gasteiger partial charge >= 0.3 is 0 Å². The number of nitrogens with zero attached hydrogens (tertiary/aromatic N) is 1. The number of benzene rings is 12. The molecule has 0 saturated carbocycles. The van der Waals surface area contributed by atoms with Gasteiger partial charge in [0.25, 0.3) is 0 Å². The Hall–Kier alpha value is -8.72. The van der Waals surface area contributed by atoms with Crippen LogP contribution in [0, 0.1) is 0 Å². The van der Waals surface area contributed by atoms with Gasteiger partial charge in [0.05, 0.1) is 11.0 Å². The first-order valence-electron chi connectivity index (χ1n) is 22.8. The van der Waals surface area contributed by atoms with E-state index in [0.717, 1.165) is 33.2 Å². The van der Waals surface area contributed by atoms with Gasteiger partial charge in [-0.1, -0.05) is 194 Å². The quantitative estimate of drug-likeness (QED) is 0.158. The van der Waals surface area contributed by atoms with Gasteiger partial charge in [-0.05, 0) is 119 Å². The van der Waals surface area contributed by atoms with Gasteiger partial charge in [0, 0.05) is 38.4 Å². The van der Waals surface area contributed by atoms with Gasteiger partial charge in [-0.15, -0.1) is 0 Å². The van der Waals surface area contributed by atoms with Gasteiger partial charge in [-0.2, -0.15) is 0 Å². The Balaban J connectivity index is 0.979. The molecule has 0 unspecified atom stereocenters. The van der Waals surface area contributed by atoms with E-state index in [1.807, 2.05) is 0 Å². The van der Waals surface area contributed by atoms with Crippen LogP contribution in [0.25, 0.3) is 137 Å². The molecule has 0 radical (unpaired) electrons. The van der Waals surface area contributed by atoms with E-state index in [1.54, 1.807) is 0 Å². The number of hydrogen-bond acceptors (Lipinski definition) is 1. The molecule has 0 saturated heterocycles. The molecule has 66 heavy (non-hydrogen) atoms. The first kappa shape index (κ1) is 36.7. The Morgan fingerprint density at radius 2 is 0.682 bits per heavy atom. The summed E-state index contributed by atoms with van der Waals surface area (Å²) in [6, 6.07) is 86.3. The van der Waals surface area contributed by atoms with E-state index in [2.05, 4.69) is 241 Å². The molecule has 0 aliphatic rings. The van der Waals surface area contributed by atoms with Gasteiger partial charge < -0.3 is 8.98 Å². The lowest BCUT2D eigenvalue weighted by Crippen LogP contribution is -1.93. The zero-order valence-electron chi connectivity index (χ0n) is 35.9. The van der Waals surface area contributed by atoms with Crippen LogP contribution in [0.3, 0.4) is 0 Å². The van der Waals surface area contributed by atoms with Crippen molar-refractivity contribution >= 4 is 86.8 Å². The summed E-state index contributed by atoms with van der Waals surface area (Å²) < 4.78 is 9.37. The predicted molar refractivity (Wildman–Crippen MR) is 280 cm³/mol. The lowest BCUT2D eigenvalue weighted by molar-refractivity contribution is 0.670. The fraction of sp³-hybridized carbons (Fsp3) is 0. The van der Waals surface area contributed by atoms with Crippen LogP contribution in [0.4, 0.5) is 0 Å². The molecule has 2 aromatic heterocycles. The second-order valence-corrected chi connectivity index (χ2v) is 17.5. The minimum absolute atomic E-state index is 0.879. The molecule has 0 fully saturated rings. The summed E-state index contributed by atoms with van der Waals surface area (Å²) in [5.41, 5.74) is 15.0. The molecule has 2 nitrogen and oxygen atoms in total. The molecule has 0 aliphatic carbocycles. The van der Waals surface area contributed by atoms with Crippen molar-refractivity contribution in [1.29, 1.82) is 0 Å². The Labute approximate surface area is 380 Å². The van der Waals surface area contributed by atoms with Crippen LogP contribution in [0.5, 0.6) is 0 Å². The summed E-state index contributed by atoms with van der Waals surface area (Å²) in [6.07, 6.45) is 0. The van der Waals surface area contributed by atoms with Gasteiger partial charge in [0.2, 0.25) is 0 Å². The van der Waals surface area contributed by atoms with Crippen LogP contribution in [0.15, 0.2) is 241 Å².